The van der Waals surface area contributed by atoms with E-state index >= 15 is 0 Å². The average Bonchev–Trinajstić information content (AvgIpc) is 2.58. The van der Waals surface area contributed by atoms with E-state index in [1.165, 1.54) is 0 Å². The van der Waals surface area contributed by atoms with E-state index in [1.54, 1.807) is 30.3 Å². The number of rotatable bonds is 7. The Hall–Kier alpha value is -1.68. The summed E-state index contributed by atoms with van der Waals surface area (Å²) < 4.78 is 78.5. The van der Waals surface area contributed by atoms with E-state index in [0.717, 1.165) is 10.4 Å². The van der Waals surface area contributed by atoms with Gasteiger partial charge in [0.15, 0.2) is 0 Å². The summed E-state index contributed by atoms with van der Waals surface area (Å²) in [5.41, 5.74) is 4.63. The lowest BCUT2D eigenvalue weighted by molar-refractivity contribution is -0.140. The summed E-state index contributed by atoms with van der Waals surface area (Å²) in [7, 11) is -4.19. The van der Waals surface area contributed by atoms with Crippen molar-refractivity contribution in [2.24, 2.45) is 5.73 Å². The van der Waals surface area contributed by atoms with Gasteiger partial charge in [-0.3, -0.25) is 0 Å². The molecule has 0 amide bonds. The second kappa shape index (κ2) is 9.50. The van der Waals surface area contributed by atoms with E-state index in [-0.39, 0.29) is 32.0 Å². The third kappa shape index (κ3) is 5.90. The van der Waals surface area contributed by atoms with Crippen molar-refractivity contribution in [3.63, 3.8) is 0 Å². The summed E-state index contributed by atoms with van der Waals surface area (Å²) in [6.07, 6.45) is -4.54. The molecule has 2 aromatic rings. The molecule has 150 valence electrons. The Morgan fingerprint density at radius 3 is 2.19 bits per heavy atom. The topological polar surface area (TPSA) is 63.4 Å². The third-order valence-electron chi connectivity index (χ3n) is 3.70. The second-order valence-corrected chi connectivity index (χ2v) is 7.54. The van der Waals surface area contributed by atoms with Crippen LogP contribution >= 0.6 is 12.4 Å². The number of hydrogen-bond acceptors (Lipinski definition) is 3. The monoisotopic (exact) mass is 426 g/mol. The maximum absolute atomic E-state index is 13.8. The lowest BCUT2D eigenvalue weighted by Crippen LogP contribution is -2.32. The maximum atomic E-state index is 13.8. The largest absolute Gasteiger partial charge is 0.419 e. The van der Waals surface area contributed by atoms with E-state index in [1.807, 2.05) is 0 Å². The molecule has 2 aromatic carbocycles. The van der Waals surface area contributed by atoms with E-state index in [2.05, 4.69) is 0 Å². The molecule has 27 heavy (non-hydrogen) atoms. The predicted octanol–water partition coefficient (Wildman–Crippen LogP) is 3.81. The molecule has 0 aliphatic carbocycles. The zero-order chi connectivity index (χ0) is 19.4. The SMILES string of the molecule is Cl.NCCCN(Cc1ccccc1)S(=O)(=O)c1ccc(C(F)(F)F)c(F)c1. The van der Waals surface area contributed by atoms with Crippen LogP contribution < -0.4 is 5.73 Å². The number of sulfonamides is 1. The molecule has 0 aromatic heterocycles. The first-order chi connectivity index (χ1) is 12.2. The highest BCUT2D eigenvalue weighted by atomic mass is 35.5. The Kier molecular flexibility index (Phi) is 8.22. The Labute approximate surface area is 161 Å². The van der Waals surface area contributed by atoms with Crippen LogP contribution in [-0.2, 0) is 22.7 Å². The molecular formula is C17H19ClF4N2O2S. The van der Waals surface area contributed by atoms with Crippen LogP contribution in [0, 0.1) is 5.82 Å². The van der Waals surface area contributed by atoms with Gasteiger partial charge in [0.05, 0.1) is 10.5 Å². The third-order valence-corrected chi connectivity index (χ3v) is 5.54. The molecule has 0 heterocycles. The lowest BCUT2D eigenvalue weighted by atomic mass is 10.2. The first-order valence-corrected chi connectivity index (χ1v) is 9.21. The van der Waals surface area contributed by atoms with Crippen molar-refractivity contribution in [3.8, 4) is 0 Å². The molecule has 0 bridgehead atoms. The molecule has 0 atom stereocenters. The minimum Gasteiger partial charge on any atom is -0.330 e. The van der Waals surface area contributed by atoms with Crippen LogP contribution in [0.1, 0.15) is 17.5 Å². The first-order valence-electron chi connectivity index (χ1n) is 7.77. The van der Waals surface area contributed by atoms with E-state index in [4.69, 9.17) is 5.73 Å². The zero-order valence-electron chi connectivity index (χ0n) is 14.1. The van der Waals surface area contributed by atoms with Gasteiger partial charge in [0.2, 0.25) is 10.0 Å². The number of nitrogens with zero attached hydrogens (tertiary/aromatic N) is 1. The molecular weight excluding hydrogens is 408 g/mol. The minimum absolute atomic E-state index is 0. The Morgan fingerprint density at radius 1 is 1.04 bits per heavy atom. The average molecular weight is 427 g/mol. The fourth-order valence-electron chi connectivity index (χ4n) is 2.37. The Morgan fingerprint density at radius 2 is 1.67 bits per heavy atom. The quantitative estimate of drug-likeness (QED) is 0.685. The van der Waals surface area contributed by atoms with Crippen LogP contribution in [0.5, 0.6) is 0 Å². The number of halogens is 5. The van der Waals surface area contributed by atoms with Crippen molar-refractivity contribution in [2.75, 3.05) is 13.1 Å². The summed E-state index contributed by atoms with van der Waals surface area (Å²) in [5.74, 6) is -1.63. The molecule has 0 aliphatic rings. The van der Waals surface area contributed by atoms with Gasteiger partial charge in [0.25, 0.3) is 0 Å². The highest BCUT2D eigenvalue weighted by Gasteiger charge is 2.35. The molecule has 4 nitrogen and oxygen atoms in total. The van der Waals surface area contributed by atoms with Gasteiger partial charge in [0.1, 0.15) is 5.82 Å². The molecule has 0 fully saturated rings. The Bertz CT molecular complexity index is 846. The van der Waals surface area contributed by atoms with E-state index in [0.29, 0.717) is 24.1 Å². The molecule has 10 heteroatoms. The maximum Gasteiger partial charge on any atom is 0.419 e. The summed E-state index contributed by atoms with van der Waals surface area (Å²) in [5, 5.41) is 0. The predicted molar refractivity (Wildman–Crippen MR) is 96.4 cm³/mol. The van der Waals surface area contributed by atoms with Gasteiger partial charge in [-0.1, -0.05) is 30.3 Å². The fourth-order valence-corrected chi connectivity index (χ4v) is 3.85. The van der Waals surface area contributed by atoms with Crippen LogP contribution in [-0.4, -0.2) is 25.8 Å². The van der Waals surface area contributed by atoms with Gasteiger partial charge in [-0.05, 0) is 36.7 Å². The number of benzene rings is 2. The van der Waals surface area contributed by atoms with Gasteiger partial charge in [0, 0.05) is 13.1 Å². The molecule has 2 rings (SSSR count). The van der Waals surface area contributed by atoms with Crippen molar-refractivity contribution in [2.45, 2.75) is 24.0 Å². The van der Waals surface area contributed by atoms with Crippen molar-refractivity contribution in [1.29, 1.82) is 0 Å². The van der Waals surface area contributed by atoms with Crippen LogP contribution in [0.3, 0.4) is 0 Å². The number of alkyl halides is 3. The van der Waals surface area contributed by atoms with Crippen molar-refractivity contribution in [3.05, 3.63) is 65.5 Å². The summed E-state index contributed by atoms with van der Waals surface area (Å²) in [6, 6.07) is 10.3. The second-order valence-electron chi connectivity index (χ2n) is 5.61. The molecule has 2 N–H and O–H groups in total. The van der Waals surface area contributed by atoms with Crippen LogP contribution in [0.15, 0.2) is 53.4 Å². The van der Waals surface area contributed by atoms with Crippen molar-refractivity contribution >= 4 is 22.4 Å². The molecule has 0 radical (unpaired) electrons. The highest BCUT2D eigenvalue weighted by Crippen LogP contribution is 2.32. The molecule has 0 spiro atoms. The summed E-state index contributed by atoms with van der Waals surface area (Å²) in [4.78, 5) is -0.532. The Balaban J connectivity index is 0.00000364. The van der Waals surface area contributed by atoms with Gasteiger partial charge in [-0.25, -0.2) is 12.8 Å². The van der Waals surface area contributed by atoms with Gasteiger partial charge < -0.3 is 5.73 Å². The molecule has 0 unspecified atom stereocenters. The van der Waals surface area contributed by atoms with Crippen LogP contribution in [0.2, 0.25) is 0 Å². The highest BCUT2D eigenvalue weighted by molar-refractivity contribution is 7.89. The zero-order valence-corrected chi connectivity index (χ0v) is 15.7. The van der Waals surface area contributed by atoms with Gasteiger partial charge >= 0.3 is 6.18 Å². The van der Waals surface area contributed by atoms with Crippen LogP contribution in [0.25, 0.3) is 0 Å². The number of hydrogen-bond donors (Lipinski definition) is 1. The summed E-state index contributed by atoms with van der Waals surface area (Å²) >= 11 is 0. The first kappa shape index (κ1) is 23.4. The summed E-state index contributed by atoms with van der Waals surface area (Å²) in [6.45, 7) is 0.310. The lowest BCUT2D eigenvalue weighted by Gasteiger charge is -2.22. The fraction of sp³-hybridized carbons (Fsp3) is 0.294. The normalized spacial score (nSPS) is 12.1. The van der Waals surface area contributed by atoms with E-state index in [9.17, 15) is 26.0 Å². The standard InChI is InChI=1S/C17H18F4N2O2S.ClH/c18-16-11-14(7-8-15(16)17(19,20)21)26(24,25)23(10-4-9-22)12-13-5-2-1-3-6-13;/h1-3,5-8,11H,4,9-10,12,22H2;1H. The van der Waals surface area contributed by atoms with Crippen molar-refractivity contribution < 1.29 is 26.0 Å². The molecule has 0 saturated heterocycles. The number of nitrogens with two attached hydrogens (primary N) is 1. The van der Waals surface area contributed by atoms with Gasteiger partial charge in [-0.2, -0.15) is 17.5 Å². The van der Waals surface area contributed by atoms with Gasteiger partial charge in [-0.15, -0.1) is 12.4 Å². The molecule has 0 aliphatic heterocycles. The van der Waals surface area contributed by atoms with E-state index < -0.39 is 32.5 Å². The smallest absolute Gasteiger partial charge is 0.330 e. The van der Waals surface area contributed by atoms with Crippen molar-refractivity contribution in [1.82, 2.24) is 4.31 Å². The molecule has 0 saturated carbocycles. The minimum atomic E-state index is -4.89. The van der Waals surface area contributed by atoms with Crippen LogP contribution in [0.4, 0.5) is 17.6 Å².